The monoisotopic (exact) mass is 385 g/mol. The van der Waals surface area contributed by atoms with E-state index in [1.807, 2.05) is 19.9 Å². The zero-order valence-corrected chi connectivity index (χ0v) is 16.9. The van der Waals surface area contributed by atoms with E-state index in [2.05, 4.69) is 0 Å². The van der Waals surface area contributed by atoms with E-state index in [1.54, 1.807) is 38.1 Å². The Kier molecular flexibility index (Phi) is 5.14. The predicted octanol–water partition coefficient (Wildman–Crippen LogP) is 5.48. The molecule has 2 aromatic carbocycles. The van der Waals surface area contributed by atoms with Crippen molar-refractivity contribution < 1.29 is 12.8 Å². The molecule has 0 bridgehead atoms. The number of benzene rings is 2. The van der Waals surface area contributed by atoms with Crippen molar-refractivity contribution in [3.63, 3.8) is 0 Å². The van der Waals surface area contributed by atoms with Crippen LogP contribution >= 0.6 is 0 Å². The van der Waals surface area contributed by atoms with E-state index < -0.39 is 15.7 Å². The average Bonchev–Trinajstić information content (AvgIpc) is 3.45. The fraction of sp³-hybridized carbons (Fsp3) is 0.409. The van der Waals surface area contributed by atoms with Crippen molar-refractivity contribution >= 4 is 9.84 Å². The fourth-order valence-corrected chi connectivity index (χ4v) is 5.51. The molecule has 0 radical (unpaired) electrons. The molecule has 0 aliphatic heterocycles. The van der Waals surface area contributed by atoms with E-state index in [-0.39, 0.29) is 32.8 Å². The van der Waals surface area contributed by atoms with Crippen LogP contribution in [0.2, 0.25) is 0 Å². The van der Waals surface area contributed by atoms with Crippen LogP contribution in [-0.2, 0) is 9.84 Å². The van der Waals surface area contributed by atoms with Gasteiger partial charge in [0, 0.05) is 5.56 Å². The molecule has 0 amide bonds. The minimum Gasteiger partial charge on any atom is -0.218 e. The molecule has 5 heteroatoms. The Balaban J connectivity index is 2.36. The van der Waals surface area contributed by atoms with Crippen molar-refractivity contribution in [2.24, 2.45) is 5.92 Å². The van der Waals surface area contributed by atoms with Crippen molar-refractivity contribution in [3.05, 3.63) is 58.4 Å². The molecule has 0 saturated heterocycles. The highest BCUT2D eigenvalue weighted by atomic mass is 32.2. The van der Waals surface area contributed by atoms with Crippen molar-refractivity contribution in [3.8, 4) is 6.07 Å². The van der Waals surface area contributed by atoms with Crippen molar-refractivity contribution in [2.75, 3.05) is 0 Å². The molecule has 0 N–H and O–H groups in total. The van der Waals surface area contributed by atoms with Gasteiger partial charge in [-0.25, -0.2) is 12.8 Å². The summed E-state index contributed by atoms with van der Waals surface area (Å²) in [4.78, 5) is 0.209. The van der Waals surface area contributed by atoms with Crippen molar-refractivity contribution in [1.29, 1.82) is 5.26 Å². The highest BCUT2D eigenvalue weighted by Gasteiger charge is 2.37. The molecule has 1 atom stereocenters. The summed E-state index contributed by atoms with van der Waals surface area (Å²) in [6, 6.07) is 9.97. The summed E-state index contributed by atoms with van der Waals surface area (Å²) < 4.78 is 42.1. The summed E-state index contributed by atoms with van der Waals surface area (Å²) in [5, 5.41) is 9.39. The lowest BCUT2D eigenvalue weighted by atomic mass is 9.89. The van der Waals surface area contributed by atoms with Gasteiger partial charge in [-0.05, 0) is 61.3 Å². The second-order valence-electron chi connectivity index (χ2n) is 7.78. The van der Waals surface area contributed by atoms with E-state index in [4.69, 9.17) is 0 Å². The maximum Gasteiger partial charge on any atom is 0.207 e. The van der Waals surface area contributed by atoms with Gasteiger partial charge in [0.15, 0.2) is 0 Å². The lowest BCUT2D eigenvalue weighted by Crippen LogP contribution is -2.16. The molecule has 1 unspecified atom stereocenters. The van der Waals surface area contributed by atoms with Crippen LogP contribution in [0.25, 0.3) is 0 Å². The van der Waals surface area contributed by atoms with Gasteiger partial charge in [-0.2, -0.15) is 5.26 Å². The van der Waals surface area contributed by atoms with Gasteiger partial charge in [0.1, 0.15) is 11.9 Å². The topological polar surface area (TPSA) is 57.9 Å². The molecule has 142 valence electrons. The molecule has 3 nitrogen and oxygen atoms in total. The third kappa shape index (κ3) is 3.51. The summed E-state index contributed by atoms with van der Waals surface area (Å²) in [6.45, 7) is 7.39. The Morgan fingerprint density at radius 1 is 1.15 bits per heavy atom. The predicted molar refractivity (Wildman–Crippen MR) is 103 cm³/mol. The molecule has 1 aliphatic rings. The zero-order valence-electron chi connectivity index (χ0n) is 16.1. The second-order valence-corrected chi connectivity index (χ2v) is 9.67. The van der Waals surface area contributed by atoms with Gasteiger partial charge in [-0.3, -0.25) is 0 Å². The SMILES string of the molecule is Cc1ccc(S(=O)(=O)c2c(C(C)C3CC3)cc(C#N)c(F)c2C(C)C)cc1. The van der Waals surface area contributed by atoms with E-state index in [1.165, 1.54) is 6.07 Å². The van der Waals surface area contributed by atoms with Gasteiger partial charge in [-0.1, -0.05) is 38.5 Å². The quantitative estimate of drug-likeness (QED) is 0.685. The highest BCUT2D eigenvalue weighted by Crippen LogP contribution is 2.47. The van der Waals surface area contributed by atoms with E-state index in [9.17, 15) is 13.7 Å². The molecule has 1 saturated carbocycles. The van der Waals surface area contributed by atoms with Gasteiger partial charge in [-0.15, -0.1) is 0 Å². The molecule has 0 heterocycles. The van der Waals surface area contributed by atoms with E-state index in [0.29, 0.717) is 11.5 Å². The Morgan fingerprint density at radius 2 is 1.74 bits per heavy atom. The Hall–Kier alpha value is -2.19. The molecule has 0 spiro atoms. The second kappa shape index (κ2) is 7.09. The van der Waals surface area contributed by atoms with E-state index >= 15 is 4.39 Å². The minimum absolute atomic E-state index is 0.0366. The van der Waals surface area contributed by atoms with Gasteiger partial charge < -0.3 is 0 Å². The van der Waals surface area contributed by atoms with Crippen LogP contribution in [0, 0.1) is 30.0 Å². The average molecular weight is 386 g/mol. The Morgan fingerprint density at radius 3 is 2.22 bits per heavy atom. The maximum absolute atomic E-state index is 15.1. The first-order chi connectivity index (χ1) is 12.7. The Labute approximate surface area is 160 Å². The summed E-state index contributed by atoms with van der Waals surface area (Å²) in [5.74, 6) is -0.733. The summed E-state index contributed by atoms with van der Waals surface area (Å²) in [5.41, 5.74) is 1.57. The van der Waals surface area contributed by atoms with Crippen LogP contribution in [0.3, 0.4) is 0 Å². The molecular formula is C22H24FNO2S. The van der Waals surface area contributed by atoms with Crippen LogP contribution in [0.4, 0.5) is 4.39 Å². The first kappa shape index (κ1) is 19.6. The smallest absolute Gasteiger partial charge is 0.207 e. The molecule has 2 aromatic rings. The van der Waals surface area contributed by atoms with Crippen LogP contribution < -0.4 is 0 Å². The van der Waals surface area contributed by atoms with E-state index in [0.717, 1.165) is 18.4 Å². The maximum atomic E-state index is 15.1. The zero-order chi connectivity index (χ0) is 19.9. The van der Waals surface area contributed by atoms with Crippen molar-refractivity contribution in [2.45, 2.75) is 62.2 Å². The largest absolute Gasteiger partial charge is 0.218 e. The molecular weight excluding hydrogens is 361 g/mol. The minimum atomic E-state index is -3.91. The number of rotatable bonds is 5. The van der Waals surface area contributed by atoms with Crippen molar-refractivity contribution in [1.82, 2.24) is 0 Å². The molecule has 3 rings (SSSR count). The van der Waals surface area contributed by atoms with Crippen LogP contribution in [-0.4, -0.2) is 8.42 Å². The number of sulfone groups is 1. The fourth-order valence-electron chi connectivity index (χ4n) is 3.61. The first-order valence-electron chi connectivity index (χ1n) is 9.26. The normalized spacial score (nSPS) is 15.6. The number of nitriles is 1. The third-order valence-electron chi connectivity index (χ3n) is 5.40. The van der Waals surface area contributed by atoms with Gasteiger partial charge >= 0.3 is 0 Å². The number of hydrogen-bond donors (Lipinski definition) is 0. The van der Waals surface area contributed by atoms with Crippen LogP contribution in [0.5, 0.6) is 0 Å². The van der Waals surface area contributed by atoms with Gasteiger partial charge in [0.2, 0.25) is 9.84 Å². The summed E-state index contributed by atoms with van der Waals surface area (Å²) in [6.07, 6.45) is 2.06. The Bertz CT molecular complexity index is 1010. The molecule has 1 fully saturated rings. The number of nitrogens with zero attached hydrogens (tertiary/aromatic N) is 1. The number of halogens is 1. The van der Waals surface area contributed by atoms with Crippen LogP contribution in [0.1, 0.15) is 67.7 Å². The van der Waals surface area contributed by atoms with Gasteiger partial charge in [0.05, 0.1) is 15.4 Å². The van der Waals surface area contributed by atoms with Crippen LogP contribution in [0.15, 0.2) is 40.1 Å². The molecule has 27 heavy (non-hydrogen) atoms. The lowest BCUT2D eigenvalue weighted by Gasteiger charge is -2.23. The lowest BCUT2D eigenvalue weighted by molar-refractivity contribution is 0.558. The first-order valence-corrected chi connectivity index (χ1v) is 10.7. The summed E-state index contributed by atoms with van der Waals surface area (Å²) in [7, 11) is -3.91. The number of aryl methyl sites for hydroxylation is 1. The molecule has 0 aromatic heterocycles. The standard InChI is InChI=1S/C22H24FNO2S/c1-13(2)20-21(23)17(12-24)11-19(15(4)16-7-8-16)22(20)27(25,26)18-9-5-14(3)6-10-18/h5-6,9-11,13,15-16H,7-8H2,1-4H3. The highest BCUT2D eigenvalue weighted by molar-refractivity contribution is 7.91. The number of hydrogen-bond acceptors (Lipinski definition) is 3. The third-order valence-corrected chi connectivity index (χ3v) is 7.28. The van der Waals surface area contributed by atoms with Gasteiger partial charge in [0.25, 0.3) is 0 Å². The molecule has 1 aliphatic carbocycles. The summed E-state index contributed by atoms with van der Waals surface area (Å²) >= 11 is 0.